The molecule has 0 bridgehead atoms. The third-order valence-electron chi connectivity index (χ3n) is 6.05. The predicted octanol–water partition coefficient (Wildman–Crippen LogP) is 6.04. The third-order valence-corrected chi connectivity index (χ3v) is 6.05. The largest absolute Gasteiger partial charge is 0.466 e. The minimum absolute atomic E-state index is 0.00765. The number of hydrogen-bond acceptors (Lipinski definition) is 4. The molecule has 0 spiro atoms. The molecule has 36 heavy (non-hydrogen) atoms. The zero-order valence-corrected chi connectivity index (χ0v) is 19.8. The number of carbonyl (C=O) groups excluding carboxylic acids is 2. The molecule has 0 atom stereocenters. The first-order valence-electron chi connectivity index (χ1n) is 11.6. The number of nitrogens with zero attached hydrogens (tertiary/aromatic N) is 2. The van der Waals surface area contributed by atoms with Crippen LogP contribution in [0, 0.1) is 5.92 Å². The number of esters is 1. The van der Waals surface area contributed by atoms with Crippen molar-refractivity contribution in [3.63, 3.8) is 0 Å². The van der Waals surface area contributed by atoms with Crippen LogP contribution in [0.2, 0.25) is 0 Å². The lowest BCUT2D eigenvalue weighted by molar-refractivity contribution is -0.143. The fraction of sp³-hybridized carbons (Fsp3) is 0.480. The van der Waals surface area contributed by atoms with Crippen LogP contribution in [-0.4, -0.2) is 34.9 Å². The van der Waals surface area contributed by atoms with Gasteiger partial charge in [-0.1, -0.05) is 12.5 Å². The third kappa shape index (κ3) is 6.55. The summed E-state index contributed by atoms with van der Waals surface area (Å²) in [5, 5.41) is 0. The Morgan fingerprint density at radius 2 is 1.67 bits per heavy atom. The van der Waals surface area contributed by atoms with Crippen LogP contribution in [0.5, 0.6) is 0 Å². The van der Waals surface area contributed by atoms with Crippen LogP contribution in [0.3, 0.4) is 0 Å². The van der Waals surface area contributed by atoms with Crippen molar-refractivity contribution < 1.29 is 40.7 Å². The number of pyridine rings is 1. The van der Waals surface area contributed by atoms with Gasteiger partial charge in [0.15, 0.2) is 0 Å². The standard InChI is InChI=1S/C25H26F6N2O3/c1-3-33(23(35)15-6-5-7-15)14-16-10-17(24(26,27)28)8-9-20(16)21-12-18(25(29,30)31)11-19(32-21)13-22(34)36-4-2/h8-12,15H,3-7,13-14H2,1-2H3. The number of amides is 1. The summed E-state index contributed by atoms with van der Waals surface area (Å²) in [5.74, 6) is -1.19. The van der Waals surface area contributed by atoms with Crippen LogP contribution in [0.15, 0.2) is 30.3 Å². The Hall–Kier alpha value is -3.11. The minimum atomic E-state index is -4.79. The highest BCUT2D eigenvalue weighted by Crippen LogP contribution is 2.37. The van der Waals surface area contributed by atoms with E-state index in [-0.39, 0.29) is 54.0 Å². The monoisotopic (exact) mass is 516 g/mol. The van der Waals surface area contributed by atoms with Gasteiger partial charge in [0.05, 0.1) is 35.5 Å². The molecule has 0 saturated heterocycles. The average Bonchev–Trinajstić information content (AvgIpc) is 2.74. The lowest BCUT2D eigenvalue weighted by atomic mass is 9.84. The number of ether oxygens (including phenoxy) is 1. The molecule has 0 N–H and O–H groups in total. The predicted molar refractivity (Wildman–Crippen MR) is 118 cm³/mol. The van der Waals surface area contributed by atoms with E-state index in [2.05, 4.69) is 4.98 Å². The molecule has 1 aliphatic carbocycles. The Morgan fingerprint density at radius 1 is 1.00 bits per heavy atom. The highest BCUT2D eigenvalue weighted by molar-refractivity contribution is 5.80. The number of hydrogen-bond donors (Lipinski definition) is 0. The average molecular weight is 516 g/mol. The molecule has 1 heterocycles. The van der Waals surface area contributed by atoms with E-state index in [1.165, 1.54) is 4.90 Å². The summed E-state index contributed by atoms with van der Waals surface area (Å²) in [4.78, 5) is 30.2. The van der Waals surface area contributed by atoms with Crippen LogP contribution in [0.1, 0.15) is 55.5 Å². The second-order valence-corrected chi connectivity index (χ2v) is 8.56. The lowest BCUT2D eigenvalue weighted by Crippen LogP contribution is -2.38. The van der Waals surface area contributed by atoms with Gasteiger partial charge in [0, 0.05) is 24.6 Å². The first-order chi connectivity index (χ1) is 16.8. The second-order valence-electron chi connectivity index (χ2n) is 8.56. The Balaban J connectivity index is 2.11. The smallest absolute Gasteiger partial charge is 0.416 e. The van der Waals surface area contributed by atoms with E-state index in [4.69, 9.17) is 4.74 Å². The lowest BCUT2D eigenvalue weighted by Gasteiger charge is -2.31. The Labute approximate surface area is 204 Å². The van der Waals surface area contributed by atoms with E-state index in [0.717, 1.165) is 30.7 Å². The van der Waals surface area contributed by atoms with Crippen LogP contribution in [-0.2, 0) is 39.6 Å². The van der Waals surface area contributed by atoms with Gasteiger partial charge in [0.1, 0.15) is 0 Å². The quantitative estimate of drug-likeness (QED) is 0.317. The summed E-state index contributed by atoms with van der Waals surface area (Å²) in [6, 6.07) is 4.08. The van der Waals surface area contributed by atoms with Gasteiger partial charge in [-0.05, 0) is 56.5 Å². The van der Waals surface area contributed by atoms with Gasteiger partial charge in [-0.3, -0.25) is 14.6 Å². The van der Waals surface area contributed by atoms with Crippen molar-refractivity contribution in [3.8, 4) is 11.3 Å². The topological polar surface area (TPSA) is 59.5 Å². The molecule has 0 radical (unpaired) electrons. The van der Waals surface area contributed by atoms with Gasteiger partial charge in [0.25, 0.3) is 0 Å². The molecule has 1 amide bonds. The van der Waals surface area contributed by atoms with Gasteiger partial charge in [-0.15, -0.1) is 0 Å². The van der Waals surface area contributed by atoms with Gasteiger partial charge in [0.2, 0.25) is 5.91 Å². The summed E-state index contributed by atoms with van der Waals surface area (Å²) in [6.07, 6.45) is -7.75. The van der Waals surface area contributed by atoms with Crippen molar-refractivity contribution in [2.45, 2.75) is 58.4 Å². The summed E-state index contributed by atoms with van der Waals surface area (Å²) in [5.41, 5.74) is -2.56. The molecule has 196 valence electrons. The molecule has 11 heteroatoms. The van der Waals surface area contributed by atoms with Gasteiger partial charge in [-0.2, -0.15) is 26.3 Å². The first kappa shape index (κ1) is 27.5. The number of aromatic nitrogens is 1. The number of benzene rings is 1. The second kappa shape index (κ2) is 10.9. The number of carbonyl (C=O) groups is 2. The summed E-state index contributed by atoms with van der Waals surface area (Å²) in [6.45, 7) is 3.24. The fourth-order valence-corrected chi connectivity index (χ4v) is 3.96. The van der Waals surface area contributed by atoms with Crippen molar-refractivity contribution in [1.29, 1.82) is 0 Å². The maximum Gasteiger partial charge on any atom is 0.416 e. The number of rotatable bonds is 8. The van der Waals surface area contributed by atoms with Crippen LogP contribution >= 0.6 is 0 Å². The normalized spacial score (nSPS) is 14.3. The maximum atomic E-state index is 13.6. The fourth-order valence-electron chi connectivity index (χ4n) is 3.96. The van der Waals surface area contributed by atoms with Crippen LogP contribution < -0.4 is 0 Å². The SMILES string of the molecule is CCOC(=O)Cc1cc(C(F)(F)F)cc(-c2ccc(C(F)(F)F)cc2CN(CC)C(=O)C2CCC2)n1. The molecule has 0 unspecified atom stereocenters. The van der Waals surface area contributed by atoms with Crippen molar-refractivity contribution in [2.24, 2.45) is 5.92 Å². The molecule has 1 aliphatic rings. The van der Waals surface area contributed by atoms with E-state index < -0.39 is 35.9 Å². The molecule has 0 aliphatic heterocycles. The molecule has 1 saturated carbocycles. The Morgan fingerprint density at radius 3 is 2.19 bits per heavy atom. The highest BCUT2D eigenvalue weighted by Gasteiger charge is 2.35. The molecule has 1 fully saturated rings. The highest BCUT2D eigenvalue weighted by atomic mass is 19.4. The summed E-state index contributed by atoms with van der Waals surface area (Å²) >= 11 is 0. The van der Waals surface area contributed by atoms with Crippen molar-refractivity contribution in [1.82, 2.24) is 9.88 Å². The van der Waals surface area contributed by atoms with E-state index in [0.29, 0.717) is 18.9 Å². The molecule has 1 aromatic heterocycles. The molecule has 2 aromatic rings. The molecule has 1 aromatic carbocycles. The molecule has 3 rings (SSSR count). The van der Waals surface area contributed by atoms with Gasteiger partial charge >= 0.3 is 18.3 Å². The van der Waals surface area contributed by atoms with Crippen LogP contribution in [0.25, 0.3) is 11.3 Å². The van der Waals surface area contributed by atoms with Crippen molar-refractivity contribution in [3.05, 3.63) is 52.7 Å². The van der Waals surface area contributed by atoms with Crippen molar-refractivity contribution in [2.75, 3.05) is 13.2 Å². The van der Waals surface area contributed by atoms with Crippen molar-refractivity contribution >= 4 is 11.9 Å². The summed E-state index contributed by atoms with van der Waals surface area (Å²) in [7, 11) is 0. The Bertz CT molecular complexity index is 1110. The van der Waals surface area contributed by atoms with Crippen LogP contribution in [0.4, 0.5) is 26.3 Å². The van der Waals surface area contributed by atoms with E-state index in [9.17, 15) is 35.9 Å². The molecular formula is C25H26F6N2O3. The van der Waals surface area contributed by atoms with E-state index >= 15 is 0 Å². The van der Waals surface area contributed by atoms with E-state index in [1.807, 2.05) is 0 Å². The molecule has 5 nitrogen and oxygen atoms in total. The zero-order valence-electron chi connectivity index (χ0n) is 19.8. The molecular weight excluding hydrogens is 490 g/mol. The van der Waals surface area contributed by atoms with Gasteiger partial charge in [-0.25, -0.2) is 0 Å². The summed E-state index contributed by atoms with van der Waals surface area (Å²) < 4.78 is 86.1. The van der Waals surface area contributed by atoms with E-state index in [1.54, 1.807) is 13.8 Å². The number of alkyl halides is 6. The van der Waals surface area contributed by atoms with Gasteiger partial charge < -0.3 is 9.64 Å². The maximum absolute atomic E-state index is 13.6. The zero-order chi connectivity index (χ0) is 26.7. The first-order valence-corrected chi connectivity index (χ1v) is 11.6. The minimum Gasteiger partial charge on any atom is -0.466 e. The Kier molecular flexibility index (Phi) is 8.30. The number of halogens is 6.